The smallest absolute Gasteiger partial charge is 0.154 e. The van der Waals surface area contributed by atoms with Crippen molar-refractivity contribution >= 4 is 9.84 Å². The van der Waals surface area contributed by atoms with Gasteiger partial charge in [-0.15, -0.1) is 0 Å². The number of nitrogens with one attached hydrogen (secondary N) is 1. The van der Waals surface area contributed by atoms with Crippen molar-refractivity contribution in [2.75, 3.05) is 18.1 Å². The molecule has 0 aliphatic carbocycles. The molecule has 0 bridgehead atoms. The molecule has 0 aromatic rings. The van der Waals surface area contributed by atoms with E-state index in [4.69, 9.17) is 0 Å². The quantitative estimate of drug-likeness (QED) is 0.757. The van der Waals surface area contributed by atoms with Gasteiger partial charge in [-0.3, -0.25) is 0 Å². The zero-order valence-corrected chi connectivity index (χ0v) is 11.3. The van der Waals surface area contributed by atoms with Crippen LogP contribution in [-0.4, -0.2) is 43.7 Å². The molecule has 1 fully saturated rings. The van der Waals surface area contributed by atoms with E-state index < -0.39 is 15.9 Å². The van der Waals surface area contributed by atoms with Gasteiger partial charge >= 0.3 is 0 Å². The predicted molar refractivity (Wildman–Crippen MR) is 65.1 cm³/mol. The van der Waals surface area contributed by atoms with Gasteiger partial charge in [-0.1, -0.05) is 27.7 Å². The van der Waals surface area contributed by atoms with E-state index >= 15 is 0 Å². The molecule has 96 valence electrons. The number of aliphatic hydroxyl groups is 1. The molecule has 0 radical (unpaired) electrons. The van der Waals surface area contributed by atoms with Gasteiger partial charge < -0.3 is 10.4 Å². The van der Waals surface area contributed by atoms with Crippen LogP contribution in [-0.2, 0) is 9.84 Å². The van der Waals surface area contributed by atoms with Crippen LogP contribution in [0.3, 0.4) is 0 Å². The van der Waals surface area contributed by atoms with Gasteiger partial charge in [0, 0.05) is 12.6 Å². The Bertz CT molecular complexity index is 335. The Morgan fingerprint density at radius 2 is 1.94 bits per heavy atom. The summed E-state index contributed by atoms with van der Waals surface area (Å²) in [6, 6.07) is -0.303. The molecule has 0 aromatic heterocycles. The van der Waals surface area contributed by atoms with Gasteiger partial charge in [-0.05, 0) is 11.3 Å². The molecule has 0 amide bonds. The Morgan fingerprint density at radius 1 is 1.38 bits per heavy atom. The monoisotopic (exact) mass is 249 g/mol. The number of sulfone groups is 1. The molecule has 1 aliphatic rings. The lowest BCUT2D eigenvalue weighted by Crippen LogP contribution is -2.44. The molecule has 0 aromatic carbocycles. The molecular formula is C11H23NO3S. The average molecular weight is 249 g/mol. The summed E-state index contributed by atoms with van der Waals surface area (Å²) in [5, 5.41) is 12.8. The van der Waals surface area contributed by atoms with Crippen LogP contribution in [0, 0.1) is 11.3 Å². The average Bonchev–Trinajstić information content (AvgIpc) is 2.36. The fourth-order valence-corrected chi connectivity index (χ4v) is 3.40. The van der Waals surface area contributed by atoms with E-state index in [1.54, 1.807) is 0 Å². The van der Waals surface area contributed by atoms with Crippen molar-refractivity contribution in [2.24, 2.45) is 11.3 Å². The van der Waals surface area contributed by atoms with Gasteiger partial charge in [0.2, 0.25) is 0 Å². The zero-order chi connectivity index (χ0) is 12.6. The third-order valence-electron chi connectivity index (χ3n) is 3.71. The van der Waals surface area contributed by atoms with E-state index in [-0.39, 0.29) is 23.0 Å². The van der Waals surface area contributed by atoms with Crippen LogP contribution in [0.4, 0.5) is 0 Å². The molecule has 1 heterocycles. The van der Waals surface area contributed by atoms with Crippen molar-refractivity contribution in [1.82, 2.24) is 5.32 Å². The first-order chi connectivity index (χ1) is 7.14. The maximum Gasteiger partial charge on any atom is 0.154 e. The molecule has 2 unspecified atom stereocenters. The third-order valence-corrected chi connectivity index (χ3v) is 5.42. The van der Waals surface area contributed by atoms with E-state index in [0.29, 0.717) is 5.92 Å². The lowest BCUT2D eigenvalue weighted by Gasteiger charge is -2.31. The fourth-order valence-electron chi connectivity index (χ4n) is 1.62. The van der Waals surface area contributed by atoms with Gasteiger partial charge in [0.25, 0.3) is 0 Å². The van der Waals surface area contributed by atoms with Crippen LogP contribution >= 0.6 is 0 Å². The minimum Gasteiger partial charge on any atom is -0.390 e. The largest absolute Gasteiger partial charge is 0.390 e. The molecule has 0 spiro atoms. The predicted octanol–water partition coefficient (Wildman–Crippen LogP) is 0.416. The highest BCUT2D eigenvalue weighted by molar-refractivity contribution is 7.91. The van der Waals surface area contributed by atoms with Crippen molar-refractivity contribution in [3.8, 4) is 0 Å². The Balaban J connectivity index is 2.51. The molecule has 2 atom stereocenters. The van der Waals surface area contributed by atoms with E-state index in [1.165, 1.54) is 0 Å². The summed E-state index contributed by atoms with van der Waals surface area (Å²) in [4.78, 5) is 0. The summed E-state index contributed by atoms with van der Waals surface area (Å²) < 4.78 is 22.6. The highest BCUT2D eigenvalue weighted by Gasteiger charge is 2.37. The van der Waals surface area contributed by atoms with Crippen LogP contribution in [0.15, 0.2) is 0 Å². The standard InChI is InChI=1S/C11H23NO3S/c1-8(2)11(3,4)7-12-9-5-16(14,15)6-10(9)13/h8-10,12-13H,5-7H2,1-4H3. The molecular weight excluding hydrogens is 226 g/mol. The molecule has 4 nitrogen and oxygen atoms in total. The van der Waals surface area contributed by atoms with Crippen molar-refractivity contribution in [3.05, 3.63) is 0 Å². The Hall–Kier alpha value is -0.130. The third kappa shape index (κ3) is 3.43. The first-order valence-corrected chi connectivity index (χ1v) is 7.58. The minimum absolute atomic E-state index is 0.0579. The maximum atomic E-state index is 11.3. The molecule has 1 rings (SSSR count). The van der Waals surface area contributed by atoms with Crippen LogP contribution in [0.25, 0.3) is 0 Å². The summed E-state index contributed by atoms with van der Waals surface area (Å²) in [6.45, 7) is 9.29. The number of hydrogen-bond acceptors (Lipinski definition) is 4. The zero-order valence-electron chi connectivity index (χ0n) is 10.5. The summed E-state index contributed by atoms with van der Waals surface area (Å²) in [5.41, 5.74) is 0.103. The Kier molecular flexibility index (Phi) is 4.03. The van der Waals surface area contributed by atoms with Crippen LogP contribution < -0.4 is 5.32 Å². The molecule has 5 heteroatoms. The second kappa shape index (κ2) is 4.63. The second-order valence-electron chi connectivity index (χ2n) is 5.77. The van der Waals surface area contributed by atoms with Gasteiger partial charge in [0.1, 0.15) is 0 Å². The van der Waals surface area contributed by atoms with Gasteiger partial charge in [-0.2, -0.15) is 0 Å². The summed E-state index contributed by atoms with van der Waals surface area (Å²) >= 11 is 0. The topological polar surface area (TPSA) is 66.4 Å². The van der Waals surface area contributed by atoms with Crippen LogP contribution in [0.2, 0.25) is 0 Å². The van der Waals surface area contributed by atoms with Crippen LogP contribution in [0.1, 0.15) is 27.7 Å². The van der Waals surface area contributed by atoms with E-state index in [1.807, 2.05) is 0 Å². The molecule has 1 saturated heterocycles. The van der Waals surface area contributed by atoms with Gasteiger partial charge in [0.05, 0.1) is 17.6 Å². The summed E-state index contributed by atoms with van der Waals surface area (Å²) in [5.74, 6) is 0.463. The van der Waals surface area contributed by atoms with Crippen molar-refractivity contribution in [3.63, 3.8) is 0 Å². The number of rotatable bonds is 4. The molecule has 16 heavy (non-hydrogen) atoms. The van der Waals surface area contributed by atoms with Crippen LogP contribution in [0.5, 0.6) is 0 Å². The van der Waals surface area contributed by atoms with Crippen molar-refractivity contribution < 1.29 is 13.5 Å². The Morgan fingerprint density at radius 3 is 2.31 bits per heavy atom. The van der Waals surface area contributed by atoms with E-state index in [2.05, 4.69) is 33.0 Å². The van der Waals surface area contributed by atoms with Gasteiger partial charge in [0.15, 0.2) is 9.84 Å². The number of hydrogen-bond donors (Lipinski definition) is 2. The molecule has 2 N–H and O–H groups in total. The lowest BCUT2D eigenvalue weighted by atomic mass is 9.81. The second-order valence-corrected chi connectivity index (χ2v) is 7.93. The van der Waals surface area contributed by atoms with E-state index in [0.717, 1.165) is 6.54 Å². The summed E-state index contributed by atoms with van der Waals surface area (Å²) in [6.07, 6.45) is -0.757. The fraction of sp³-hybridized carbons (Fsp3) is 1.00. The first-order valence-electron chi connectivity index (χ1n) is 5.76. The SMILES string of the molecule is CC(C)C(C)(C)CNC1CS(=O)(=O)CC1O. The minimum atomic E-state index is -3.05. The normalized spacial score (nSPS) is 29.9. The molecule has 1 aliphatic heterocycles. The lowest BCUT2D eigenvalue weighted by molar-refractivity contribution is 0.148. The van der Waals surface area contributed by atoms with Crippen molar-refractivity contribution in [2.45, 2.75) is 39.8 Å². The van der Waals surface area contributed by atoms with Crippen molar-refractivity contribution in [1.29, 1.82) is 0 Å². The summed E-state index contributed by atoms with van der Waals surface area (Å²) in [7, 11) is -3.05. The maximum absolute atomic E-state index is 11.3. The number of aliphatic hydroxyl groups excluding tert-OH is 1. The molecule has 0 saturated carbocycles. The van der Waals surface area contributed by atoms with E-state index in [9.17, 15) is 13.5 Å². The highest BCUT2D eigenvalue weighted by atomic mass is 32.2. The highest BCUT2D eigenvalue weighted by Crippen LogP contribution is 2.25. The van der Waals surface area contributed by atoms with Gasteiger partial charge in [-0.25, -0.2) is 8.42 Å². The Labute approximate surface area is 98.4 Å². The first kappa shape index (κ1) is 13.9.